The molecule has 154 valence electrons. The van der Waals surface area contributed by atoms with Gasteiger partial charge in [0.25, 0.3) is 0 Å². The summed E-state index contributed by atoms with van der Waals surface area (Å²) in [5, 5.41) is 13.1. The molecule has 0 spiro atoms. The van der Waals surface area contributed by atoms with Gasteiger partial charge in [-0.1, -0.05) is 6.07 Å². The van der Waals surface area contributed by atoms with Gasteiger partial charge in [0.1, 0.15) is 5.75 Å². The molecule has 1 aromatic carbocycles. The number of aromatic nitrogens is 2. The molecule has 0 fully saturated rings. The first-order chi connectivity index (χ1) is 14.1. The molecule has 29 heavy (non-hydrogen) atoms. The van der Waals surface area contributed by atoms with E-state index in [1.54, 1.807) is 11.3 Å². The number of guanidine groups is 1. The van der Waals surface area contributed by atoms with Crippen LogP contribution in [-0.2, 0) is 19.9 Å². The average Bonchev–Trinajstić information content (AvgIpc) is 3.34. The number of aryl methyl sites for hydroxylation is 1. The number of anilines is 1. The van der Waals surface area contributed by atoms with E-state index in [0.29, 0.717) is 0 Å². The van der Waals surface area contributed by atoms with Crippen molar-refractivity contribution in [2.45, 2.75) is 32.8 Å². The van der Waals surface area contributed by atoms with E-state index in [0.717, 1.165) is 43.3 Å². The normalized spacial score (nSPS) is 11.7. The van der Waals surface area contributed by atoms with Crippen molar-refractivity contribution in [3.05, 3.63) is 64.6 Å². The summed E-state index contributed by atoms with van der Waals surface area (Å²) in [5.74, 6) is 1.65. The van der Waals surface area contributed by atoms with Gasteiger partial charge in [-0.05, 0) is 61.5 Å². The molecule has 0 amide bonds. The lowest BCUT2D eigenvalue weighted by Gasteiger charge is -2.14. The second-order valence-electron chi connectivity index (χ2n) is 7.07. The van der Waals surface area contributed by atoms with E-state index in [1.807, 2.05) is 62.2 Å². The largest absolute Gasteiger partial charge is 0.491 e. The molecule has 3 aromatic rings. The first-order valence-electron chi connectivity index (χ1n) is 9.90. The van der Waals surface area contributed by atoms with E-state index in [1.165, 1.54) is 10.4 Å². The lowest BCUT2D eigenvalue weighted by Crippen LogP contribution is -2.32. The molecule has 0 atom stereocenters. The smallest absolute Gasteiger partial charge is 0.195 e. The minimum Gasteiger partial charge on any atom is -0.491 e. The molecule has 0 bridgehead atoms. The number of rotatable bonds is 9. The van der Waals surface area contributed by atoms with Crippen LogP contribution in [0.4, 0.5) is 5.69 Å². The summed E-state index contributed by atoms with van der Waals surface area (Å²) in [6.45, 7) is 5.57. The van der Waals surface area contributed by atoms with Crippen molar-refractivity contribution >= 4 is 23.0 Å². The van der Waals surface area contributed by atoms with Crippen molar-refractivity contribution in [1.29, 1.82) is 0 Å². The van der Waals surface area contributed by atoms with E-state index in [4.69, 9.17) is 9.73 Å². The van der Waals surface area contributed by atoms with Crippen molar-refractivity contribution in [2.24, 2.45) is 12.0 Å². The quantitative estimate of drug-likeness (QED) is 0.411. The summed E-state index contributed by atoms with van der Waals surface area (Å²) in [5.41, 5.74) is 2.18. The number of nitrogens with one attached hydrogen (secondary N) is 2. The summed E-state index contributed by atoms with van der Waals surface area (Å²) in [4.78, 5) is 6.10. The fourth-order valence-corrected chi connectivity index (χ4v) is 3.52. The van der Waals surface area contributed by atoms with Crippen molar-refractivity contribution < 1.29 is 4.74 Å². The number of ether oxygens (including phenoxy) is 1. The fraction of sp³-hybridized carbons (Fsp3) is 0.364. The summed E-state index contributed by atoms with van der Waals surface area (Å²) in [7, 11) is 1.93. The molecule has 0 aliphatic heterocycles. The molecule has 2 heterocycles. The Labute approximate surface area is 176 Å². The van der Waals surface area contributed by atoms with Crippen LogP contribution in [-0.4, -0.2) is 34.9 Å². The number of nitrogens with zero attached hydrogens (tertiary/aromatic N) is 3. The van der Waals surface area contributed by atoms with E-state index in [9.17, 15) is 0 Å². The van der Waals surface area contributed by atoms with Crippen LogP contribution in [0.3, 0.4) is 0 Å². The van der Waals surface area contributed by atoms with Gasteiger partial charge < -0.3 is 15.4 Å². The van der Waals surface area contributed by atoms with Crippen molar-refractivity contribution in [1.82, 2.24) is 15.1 Å². The molecule has 0 aliphatic carbocycles. The van der Waals surface area contributed by atoms with Gasteiger partial charge in [0, 0.05) is 43.3 Å². The molecule has 7 heteroatoms. The highest BCUT2D eigenvalue weighted by atomic mass is 32.1. The Balaban J connectivity index is 1.59. The lowest BCUT2D eigenvalue weighted by atomic mass is 10.2. The number of hydrogen-bond acceptors (Lipinski definition) is 4. The fourth-order valence-electron chi connectivity index (χ4n) is 2.82. The highest BCUT2D eigenvalue weighted by molar-refractivity contribution is 7.09. The van der Waals surface area contributed by atoms with E-state index in [2.05, 4.69) is 33.2 Å². The molecule has 2 aromatic heterocycles. The SMILES string of the molecule is CC(C)Oc1ccc(NC(=NCCc2cccs2)NCCc2cnn(C)c2)cc1. The maximum Gasteiger partial charge on any atom is 0.195 e. The van der Waals surface area contributed by atoms with Crippen LogP contribution in [0.5, 0.6) is 5.75 Å². The van der Waals surface area contributed by atoms with E-state index < -0.39 is 0 Å². The Bertz CT molecular complexity index is 884. The summed E-state index contributed by atoms with van der Waals surface area (Å²) in [6.07, 6.45) is 5.93. The molecule has 6 nitrogen and oxygen atoms in total. The van der Waals surface area contributed by atoms with Gasteiger partial charge in [-0.15, -0.1) is 11.3 Å². The lowest BCUT2D eigenvalue weighted by molar-refractivity contribution is 0.242. The first kappa shape index (κ1) is 20.9. The van der Waals surface area contributed by atoms with Gasteiger partial charge >= 0.3 is 0 Å². The van der Waals surface area contributed by atoms with Crippen molar-refractivity contribution in [3.8, 4) is 5.75 Å². The highest BCUT2D eigenvalue weighted by Crippen LogP contribution is 2.17. The third-order valence-electron chi connectivity index (χ3n) is 4.16. The standard InChI is InChI=1S/C22H29N5OS/c1-17(2)28-20-8-6-19(7-9-20)26-22(24-13-11-21-5-4-14-29-21)23-12-10-18-15-25-27(3)16-18/h4-9,14-17H,10-13H2,1-3H3,(H2,23,24,26). The van der Waals surface area contributed by atoms with Crippen LogP contribution in [0.1, 0.15) is 24.3 Å². The zero-order chi connectivity index (χ0) is 20.5. The predicted molar refractivity (Wildman–Crippen MR) is 121 cm³/mol. The Hall–Kier alpha value is -2.80. The summed E-state index contributed by atoms with van der Waals surface area (Å²) >= 11 is 1.77. The predicted octanol–water partition coefficient (Wildman–Crippen LogP) is 4.11. The van der Waals surface area contributed by atoms with E-state index in [-0.39, 0.29) is 6.10 Å². The third kappa shape index (κ3) is 7.27. The van der Waals surface area contributed by atoms with Crippen LogP contribution in [0.15, 0.2) is 59.2 Å². The number of benzene rings is 1. The van der Waals surface area contributed by atoms with Gasteiger partial charge in [0.05, 0.1) is 12.3 Å². The van der Waals surface area contributed by atoms with Crippen LogP contribution >= 0.6 is 11.3 Å². The highest BCUT2D eigenvalue weighted by Gasteiger charge is 2.04. The summed E-state index contributed by atoms with van der Waals surface area (Å²) < 4.78 is 7.54. The maximum atomic E-state index is 5.72. The monoisotopic (exact) mass is 411 g/mol. The van der Waals surface area contributed by atoms with Crippen molar-refractivity contribution in [2.75, 3.05) is 18.4 Å². The second-order valence-corrected chi connectivity index (χ2v) is 8.11. The maximum absolute atomic E-state index is 5.72. The topological polar surface area (TPSA) is 63.5 Å². The molecule has 0 unspecified atom stereocenters. The van der Waals surface area contributed by atoms with Gasteiger partial charge in [0.15, 0.2) is 5.96 Å². The van der Waals surface area contributed by atoms with Gasteiger partial charge in [-0.2, -0.15) is 5.10 Å². The Morgan fingerprint density at radius 1 is 1.21 bits per heavy atom. The third-order valence-corrected chi connectivity index (χ3v) is 5.10. The number of hydrogen-bond donors (Lipinski definition) is 2. The van der Waals surface area contributed by atoms with Crippen LogP contribution in [0, 0.1) is 0 Å². The molecule has 0 saturated carbocycles. The average molecular weight is 412 g/mol. The molecule has 0 aliphatic rings. The van der Waals surface area contributed by atoms with Crippen molar-refractivity contribution in [3.63, 3.8) is 0 Å². The second kappa shape index (κ2) is 10.7. The molecule has 0 saturated heterocycles. The van der Waals surface area contributed by atoms with Crippen LogP contribution in [0.2, 0.25) is 0 Å². The first-order valence-corrected chi connectivity index (χ1v) is 10.8. The summed E-state index contributed by atoms with van der Waals surface area (Å²) in [6, 6.07) is 12.2. The Morgan fingerprint density at radius 3 is 2.69 bits per heavy atom. The van der Waals surface area contributed by atoms with Gasteiger partial charge in [-0.3, -0.25) is 9.67 Å². The van der Waals surface area contributed by atoms with Crippen LogP contribution < -0.4 is 15.4 Å². The minimum atomic E-state index is 0.164. The van der Waals surface area contributed by atoms with E-state index >= 15 is 0 Å². The zero-order valence-corrected chi connectivity index (χ0v) is 18.1. The molecule has 0 radical (unpaired) electrons. The molecule has 3 rings (SSSR count). The Morgan fingerprint density at radius 2 is 2.03 bits per heavy atom. The minimum absolute atomic E-state index is 0.164. The van der Waals surface area contributed by atoms with Crippen LogP contribution in [0.25, 0.3) is 0 Å². The number of thiophene rings is 1. The molecular formula is C22H29N5OS. The zero-order valence-electron chi connectivity index (χ0n) is 17.3. The Kier molecular flexibility index (Phi) is 7.69. The molecule has 2 N–H and O–H groups in total. The number of aliphatic imine (C=N–C) groups is 1. The molecular weight excluding hydrogens is 382 g/mol. The van der Waals surface area contributed by atoms with Gasteiger partial charge in [0.2, 0.25) is 0 Å². The van der Waals surface area contributed by atoms with Gasteiger partial charge in [-0.25, -0.2) is 0 Å².